The maximum atomic E-state index is 13.0. The molecule has 0 unspecified atom stereocenters. The molecule has 0 aliphatic carbocycles. The molecule has 1 aromatic heterocycles. The highest BCUT2D eigenvalue weighted by molar-refractivity contribution is 5.90. The van der Waals surface area contributed by atoms with Crippen molar-refractivity contribution in [3.8, 4) is 5.75 Å². The third-order valence-corrected chi connectivity index (χ3v) is 5.14. The molecule has 5 nitrogen and oxygen atoms in total. The average molecular weight is 381 g/mol. The van der Waals surface area contributed by atoms with E-state index in [0.29, 0.717) is 6.61 Å². The second-order valence-electron chi connectivity index (χ2n) is 7.10. The van der Waals surface area contributed by atoms with Crippen molar-refractivity contribution in [1.82, 2.24) is 9.97 Å². The lowest BCUT2D eigenvalue weighted by molar-refractivity contribution is 0.0250. The summed E-state index contributed by atoms with van der Waals surface area (Å²) < 4.78 is 24.4. The van der Waals surface area contributed by atoms with Crippen LogP contribution in [0.2, 0.25) is 0 Å². The quantitative estimate of drug-likeness (QED) is 0.660. The van der Waals surface area contributed by atoms with Crippen LogP contribution in [-0.2, 0) is 11.3 Å². The highest BCUT2D eigenvalue weighted by Crippen LogP contribution is 2.30. The first-order valence-electron chi connectivity index (χ1n) is 9.56. The van der Waals surface area contributed by atoms with Gasteiger partial charge in [-0.05, 0) is 55.7 Å². The van der Waals surface area contributed by atoms with Gasteiger partial charge in [0.2, 0.25) is 0 Å². The summed E-state index contributed by atoms with van der Waals surface area (Å²) in [5.74, 6) is 2.31. The van der Waals surface area contributed by atoms with Crippen LogP contribution >= 0.6 is 0 Å². The Hall–Kier alpha value is -2.73. The Kier molecular flexibility index (Phi) is 5.39. The highest BCUT2D eigenvalue weighted by atomic mass is 19.1. The van der Waals surface area contributed by atoms with Crippen molar-refractivity contribution in [2.45, 2.75) is 32.5 Å². The Labute approximate surface area is 164 Å². The molecule has 2 aromatic carbocycles. The van der Waals surface area contributed by atoms with E-state index in [1.165, 1.54) is 12.1 Å². The fraction of sp³-hybridized carbons (Fsp3) is 0.364. The molecule has 1 aliphatic heterocycles. The summed E-state index contributed by atoms with van der Waals surface area (Å²) in [4.78, 5) is 11.6. The van der Waals surface area contributed by atoms with Crippen LogP contribution in [0.3, 0.4) is 0 Å². The highest BCUT2D eigenvalue weighted by Gasteiger charge is 2.23. The molecule has 146 valence electrons. The lowest BCUT2D eigenvalue weighted by Crippen LogP contribution is -2.37. The number of nitrogens with zero attached hydrogens (tertiary/aromatic N) is 3. The summed E-state index contributed by atoms with van der Waals surface area (Å²) in [6, 6.07) is 12.4. The van der Waals surface area contributed by atoms with Crippen molar-refractivity contribution in [2.75, 3.05) is 25.1 Å². The molecule has 4 rings (SSSR count). The number of aromatic nitrogens is 2. The average Bonchev–Trinajstić information content (AvgIpc) is 2.73. The van der Waals surface area contributed by atoms with Gasteiger partial charge >= 0.3 is 0 Å². The third kappa shape index (κ3) is 4.07. The maximum absolute atomic E-state index is 13.0. The lowest BCUT2D eigenvalue weighted by atomic mass is 10.1. The van der Waals surface area contributed by atoms with Crippen LogP contribution in [0.15, 0.2) is 42.5 Å². The minimum absolute atomic E-state index is 0.199. The molecule has 0 amide bonds. The number of aryl methyl sites for hydroxylation is 1. The fourth-order valence-electron chi connectivity index (χ4n) is 3.60. The van der Waals surface area contributed by atoms with Gasteiger partial charge < -0.3 is 14.4 Å². The molecule has 0 N–H and O–H groups in total. The van der Waals surface area contributed by atoms with E-state index in [9.17, 15) is 4.39 Å². The van der Waals surface area contributed by atoms with Crippen molar-refractivity contribution in [3.63, 3.8) is 0 Å². The standard InChI is InChI=1S/C22H24FN3O2/c1-15-24-21-8-7-19(27-2)13-20(21)22(25-15)26-11-9-18(10-12-26)28-14-16-3-5-17(23)6-4-16/h3-8,13,18H,9-12,14H2,1-2H3. The van der Waals surface area contributed by atoms with E-state index in [-0.39, 0.29) is 11.9 Å². The van der Waals surface area contributed by atoms with Gasteiger partial charge in [0.1, 0.15) is 23.2 Å². The van der Waals surface area contributed by atoms with Crippen LogP contribution in [0.25, 0.3) is 10.9 Å². The molecular formula is C22H24FN3O2. The molecule has 6 heteroatoms. The molecule has 1 aliphatic rings. The van der Waals surface area contributed by atoms with Gasteiger partial charge in [-0.25, -0.2) is 14.4 Å². The molecule has 28 heavy (non-hydrogen) atoms. The summed E-state index contributed by atoms with van der Waals surface area (Å²) in [5.41, 5.74) is 1.92. The van der Waals surface area contributed by atoms with Gasteiger partial charge in [-0.3, -0.25) is 0 Å². The summed E-state index contributed by atoms with van der Waals surface area (Å²) in [7, 11) is 1.67. The monoisotopic (exact) mass is 381 g/mol. The number of ether oxygens (including phenoxy) is 2. The van der Waals surface area contributed by atoms with Gasteiger partial charge in [-0.2, -0.15) is 0 Å². The zero-order valence-corrected chi connectivity index (χ0v) is 16.2. The summed E-state index contributed by atoms with van der Waals surface area (Å²) in [6.07, 6.45) is 2.05. The van der Waals surface area contributed by atoms with E-state index in [0.717, 1.165) is 59.8 Å². The predicted octanol–water partition coefficient (Wildman–Crippen LogP) is 4.27. The minimum Gasteiger partial charge on any atom is -0.497 e. The topological polar surface area (TPSA) is 47.5 Å². The Bertz CT molecular complexity index is 954. The second-order valence-corrected chi connectivity index (χ2v) is 7.10. The number of methoxy groups -OCH3 is 1. The number of piperidine rings is 1. The van der Waals surface area contributed by atoms with Crippen LogP contribution in [0.4, 0.5) is 10.2 Å². The van der Waals surface area contributed by atoms with Gasteiger partial charge in [0.25, 0.3) is 0 Å². The van der Waals surface area contributed by atoms with Gasteiger partial charge in [0.15, 0.2) is 0 Å². The van der Waals surface area contributed by atoms with Gasteiger partial charge in [-0.1, -0.05) is 12.1 Å². The normalized spacial score (nSPS) is 15.2. The summed E-state index contributed by atoms with van der Waals surface area (Å²) in [6.45, 7) is 4.18. The van der Waals surface area contributed by atoms with Crippen LogP contribution in [-0.4, -0.2) is 36.3 Å². The van der Waals surface area contributed by atoms with Crippen LogP contribution in [0, 0.1) is 12.7 Å². The second kappa shape index (κ2) is 8.10. The van der Waals surface area contributed by atoms with Crippen LogP contribution in [0.5, 0.6) is 5.75 Å². The number of rotatable bonds is 5. The smallest absolute Gasteiger partial charge is 0.140 e. The van der Waals surface area contributed by atoms with E-state index in [4.69, 9.17) is 14.5 Å². The minimum atomic E-state index is -0.221. The number of benzene rings is 2. The molecule has 0 atom stereocenters. The van der Waals surface area contributed by atoms with E-state index in [2.05, 4.69) is 9.88 Å². The first-order valence-corrected chi connectivity index (χ1v) is 9.56. The zero-order valence-electron chi connectivity index (χ0n) is 16.2. The van der Waals surface area contributed by atoms with Gasteiger partial charge in [0.05, 0.1) is 25.3 Å². The van der Waals surface area contributed by atoms with Crippen molar-refractivity contribution < 1.29 is 13.9 Å². The molecule has 0 radical (unpaired) electrons. The van der Waals surface area contributed by atoms with Crippen molar-refractivity contribution in [2.24, 2.45) is 0 Å². The van der Waals surface area contributed by atoms with Crippen molar-refractivity contribution in [3.05, 3.63) is 59.7 Å². The maximum Gasteiger partial charge on any atom is 0.140 e. The predicted molar refractivity (Wildman–Crippen MR) is 107 cm³/mol. The fourth-order valence-corrected chi connectivity index (χ4v) is 3.60. The largest absolute Gasteiger partial charge is 0.497 e. The van der Waals surface area contributed by atoms with E-state index in [1.807, 2.05) is 25.1 Å². The Morgan fingerprint density at radius 2 is 1.82 bits per heavy atom. The molecule has 0 bridgehead atoms. The van der Waals surface area contributed by atoms with Gasteiger partial charge in [-0.15, -0.1) is 0 Å². The summed E-state index contributed by atoms with van der Waals surface area (Å²) in [5, 5.41) is 1.01. The van der Waals surface area contributed by atoms with Crippen LogP contribution < -0.4 is 9.64 Å². The molecular weight excluding hydrogens is 357 g/mol. The molecule has 3 aromatic rings. The third-order valence-electron chi connectivity index (χ3n) is 5.14. The summed E-state index contributed by atoms with van der Waals surface area (Å²) >= 11 is 0. The number of fused-ring (bicyclic) bond motifs is 1. The number of hydrogen-bond acceptors (Lipinski definition) is 5. The first-order chi connectivity index (χ1) is 13.6. The lowest BCUT2D eigenvalue weighted by Gasteiger charge is -2.33. The number of anilines is 1. The van der Waals surface area contributed by atoms with Crippen molar-refractivity contribution in [1.29, 1.82) is 0 Å². The Balaban J connectivity index is 1.44. The number of halogens is 1. The Morgan fingerprint density at radius 3 is 2.54 bits per heavy atom. The first kappa shape index (κ1) is 18.6. The van der Waals surface area contributed by atoms with Crippen LogP contribution in [0.1, 0.15) is 24.2 Å². The molecule has 1 saturated heterocycles. The SMILES string of the molecule is COc1ccc2nc(C)nc(N3CCC(OCc4ccc(F)cc4)CC3)c2c1. The molecule has 1 fully saturated rings. The molecule has 0 saturated carbocycles. The van der Waals surface area contributed by atoms with E-state index >= 15 is 0 Å². The number of hydrogen-bond donors (Lipinski definition) is 0. The van der Waals surface area contributed by atoms with Crippen molar-refractivity contribution >= 4 is 16.7 Å². The van der Waals surface area contributed by atoms with E-state index in [1.54, 1.807) is 19.2 Å². The molecule has 0 spiro atoms. The van der Waals surface area contributed by atoms with E-state index < -0.39 is 0 Å². The zero-order chi connectivity index (χ0) is 19.5. The Morgan fingerprint density at radius 1 is 1.07 bits per heavy atom. The molecule has 2 heterocycles. The van der Waals surface area contributed by atoms with Gasteiger partial charge in [0, 0.05) is 18.5 Å².